The monoisotopic (exact) mass is 388 g/mol. The minimum absolute atomic E-state index is 0.192. The molecule has 10 heteroatoms. The molecule has 1 amide bonds. The summed E-state index contributed by atoms with van der Waals surface area (Å²) >= 11 is 0. The van der Waals surface area contributed by atoms with E-state index in [2.05, 4.69) is 10.1 Å². The summed E-state index contributed by atoms with van der Waals surface area (Å²) in [5.74, 6) is -2.09. The number of hydrogen-bond donors (Lipinski definition) is 1. The van der Waals surface area contributed by atoms with Crippen LogP contribution in [-0.2, 0) is 14.3 Å². The second-order valence-corrected chi connectivity index (χ2v) is 5.34. The number of nitro benzene ring substituents is 1. The molecule has 10 nitrogen and oxygen atoms in total. The number of ether oxygens (including phenoxy) is 3. The number of anilines is 1. The van der Waals surface area contributed by atoms with Crippen molar-refractivity contribution in [1.29, 1.82) is 0 Å². The Morgan fingerprint density at radius 2 is 1.68 bits per heavy atom. The second kappa shape index (κ2) is 9.12. The third-order valence-corrected chi connectivity index (χ3v) is 3.50. The summed E-state index contributed by atoms with van der Waals surface area (Å²) in [4.78, 5) is 46.0. The smallest absolute Gasteiger partial charge is 0.338 e. The molecular formula is C18H16N2O8. The number of nitrogens with one attached hydrogen (secondary N) is 1. The lowest BCUT2D eigenvalue weighted by Gasteiger charge is -2.10. The van der Waals surface area contributed by atoms with Crippen LogP contribution in [0.15, 0.2) is 42.5 Å². The Morgan fingerprint density at radius 3 is 2.29 bits per heavy atom. The highest BCUT2D eigenvalue weighted by atomic mass is 16.6. The highest BCUT2D eigenvalue weighted by molar-refractivity contribution is 5.98. The molecule has 2 aromatic carbocycles. The molecule has 0 unspecified atom stereocenters. The molecule has 0 aromatic heterocycles. The van der Waals surface area contributed by atoms with Gasteiger partial charge in [-0.2, -0.15) is 0 Å². The van der Waals surface area contributed by atoms with Crippen molar-refractivity contribution in [3.8, 4) is 5.75 Å². The average molecular weight is 388 g/mol. The zero-order valence-electron chi connectivity index (χ0n) is 15.0. The van der Waals surface area contributed by atoms with E-state index < -0.39 is 35.1 Å². The fourth-order valence-electron chi connectivity index (χ4n) is 2.22. The lowest BCUT2D eigenvalue weighted by molar-refractivity contribution is -0.384. The number of amides is 1. The summed E-state index contributed by atoms with van der Waals surface area (Å²) in [5.41, 5.74) is -0.565. The Balaban J connectivity index is 2.10. The van der Waals surface area contributed by atoms with Crippen LogP contribution in [0.5, 0.6) is 5.75 Å². The molecule has 0 spiro atoms. The molecule has 0 saturated carbocycles. The fraction of sp³-hybridized carbons (Fsp3) is 0.167. The van der Waals surface area contributed by atoms with Gasteiger partial charge in [-0.15, -0.1) is 0 Å². The summed E-state index contributed by atoms with van der Waals surface area (Å²) in [6.45, 7) is -0.646. The largest absolute Gasteiger partial charge is 0.495 e. The van der Waals surface area contributed by atoms with Crippen LogP contribution in [0, 0.1) is 10.1 Å². The second-order valence-electron chi connectivity index (χ2n) is 5.34. The molecule has 0 radical (unpaired) electrons. The SMILES string of the molecule is COC(=O)c1cc(C(=O)OCC(=O)Nc2ccccc2OC)cc([N+](=O)[O-])c1. The molecule has 2 aromatic rings. The summed E-state index contributed by atoms with van der Waals surface area (Å²) in [7, 11) is 2.54. The van der Waals surface area contributed by atoms with Crippen molar-refractivity contribution in [2.24, 2.45) is 0 Å². The van der Waals surface area contributed by atoms with Crippen molar-refractivity contribution in [2.45, 2.75) is 0 Å². The predicted molar refractivity (Wildman–Crippen MR) is 96.3 cm³/mol. The minimum Gasteiger partial charge on any atom is -0.495 e. The number of esters is 2. The number of nitrogens with zero attached hydrogens (tertiary/aromatic N) is 1. The molecule has 2 rings (SSSR count). The Morgan fingerprint density at radius 1 is 1.04 bits per heavy atom. The van der Waals surface area contributed by atoms with Gasteiger partial charge in [-0.05, 0) is 18.2 Å². The van der Waals surface area contributed by atoms with E-state index in [1.165, 1.54) is 7.11 Å². The summed E-state index contributed by atoms with van der Waals surface area (Å²) in [5, 5.41) is 13.5. The van der Waals surface area contributed by atoms with Gasteiger partial charge in [0.05, 0.1) is 36.0 Å². The first-order valence-electron chi connectivity index (χ1n) is 7.83. The van der Waals surface area contributed by atoms with E-state index in [1.54, 1.807) is 24.3 Å². The molecule has 0 heterocycles. The molecular weight excluding hydrogens is 372 g/mol. The zero-order valence-corrected chi connectivity index (χ0v) is 15.0. The van der Waals surface area contributed by atoms with Crippen molar-refractivity contribution in [2.75, 3.05) is 26.1 Å². The van der Waals surface area contributed by atoms with Crippen molar-refractivity contribution in [3.63, 3.8) is 0 Å². The van der Waals surface area contributed by atoms with Gasteiger partial charge < -0.3 is 19.5 Å². The molecule has 0 fully saturated rings. The van der Waals surface area contributed by atoms with Crippen LogP contribution in [0.1, 0.15) is 20.7 Å². The van der Waals surface area contributed by atoms with Gasteiger partial charge in [0.1, 0.15) is 5.75 Å². The first-order valence-corrected chi connectivity index (χ1v) is 7.83. The van der Waals surface area contributed by atoms with E-state index in [1.807, 2.05) is 0 Å². The fourth-order valence-corrected chi connectivity index (χ4v) is 2.22. The van der Waals surface area contributed by atoms with Crippen LogP contribution in [0.2, 0.25) is 0 Å². The van der Waals surface area contributed by atoms with E-state index in [0.717, 1.165) is 25.3 Å². The van der Waals surface area contributed by atoms with Gasteiger partial charge in [-0.1, -0.05) is 12.1 Å². The third-order valence-electron chi connectivity index (χ3n) is 3.50. The quantitative estimate of drug-likeness (QED) is 0.433. The molecule has 0 saturated heterocycles. The standard InChI is InChI=1S/C18H16N2O8/c1-26-15-6-4-3-5-14(15)19-16(21)10-28-18(23)12-7-11(17(22)27-2)8-13(9-12)20(24)25/h3-9H,10H2,1-2H3,(H,19,21). The number of para-hydroxylation sites is 2. The van der Waals surface area contributed by atoms with Crippen LogP contribution in [0.3, 0.4) is 0 Å². The van der Waals surface area contributed by atoms with Crippen molar-refractivity contribution < 1.29 is 33.5 Å². The molecule has 146 valence electrons. The Bertz CT molecular complexity index is 926. The predicted octanol–water partition coefficient (Wildman–Crippen LogP) is 2.19. The Kier molecular flexibility index (Phi) is 6.63. The number of methoxy groups -OCH3 is 2. The van der Waals surface area contributed by atoms with Gasteiger partial charge in [0.25, 0.3) is 11.6 Å². The molecule has 0 aliphatic heterocycles. The molecule has 1 N–H and O–H groups in total. The summed E-state index contributed by atoms with van der Waals surface area (Å²) in [6.07, 6.45) is 0. The van der Waals surface area contributed by atoms with E-state index in [9.17, 15) is 24.5 Å². The van der Waals surface area contributed by atoms with E-state index in [0.29, 0.717) is 11.4 Å². The van der Waals surface area contributed by atoms with Crippen molar-refractivity contribution >= 4 is 29.2 Å². The zero-order chi connectivity index (χ0) is 20.7. The Labute approximate surface area is 159 Å². The highest BCUT2D eigenvalue weighted by Crippen LogP contribution is 2.23. The third kappa shape index (κ3) is 5.04. The normalized spacial score (nSPS) is 9.93. The van der Waals surface area contributed by atoms with Crippen molar-refractivity contribution in [1.82, 2.24) is 0 Å². The van der Waals surface area contributed by atoms with Crippen LogP contribution < -0.4 is 10.1 Å². The average Bonchev–Trinajstić information content (AvgIpc) is 2.71. The first-order chi connectivity index (χ1) is 13.3. The Hall–Kier alpha value is -3.95. The van der Waals surface area contributed by atoms with Gasteiger partial charge >= 0.3 is 11.9 Å². The van der Waals surface area contributed by atoms with Gasteiger partial charge in [0, 0.05) is 12.1 Å². The number of nitro groups is 1. The number of benzene rings is 2. The van der Waals surface area contributed by atoms with Crippen LogP contribution in [-0.4, -0.2) is 43.6 Å². The number of rotatable bonds is 7. The highest BCUT2D eigenvalue weighted by Gasteiger charge is 2.20. The van der Waals surface area contributed by atoms with Gasteiger partial charge in [0.2, 0.25) is 0 Å². The van der Waals surface area contributed by atoms with Crippen LogP contribution in [0.4, 0.5) is 11.4 Å². The number of carbonyl (C=O) groups excluding carboxylic acids is 3. The summed E-state index contributed by atoms with van der Waals surface area (Å²) < 4.78 is 14.5. The molecule has 0 aliphatic carbocycles. The summed E-state index contributed by atoms with van der Waals surface area (Å²) in [6, 6.07) is 9.63. The molecule has 28 heavy (non-hydrogen) atoms. The van der Waals surface area contributed by atoms with Gasteiger partial charge in [-0.3, -0.25) is 14.9 Å². The number of carbonyl (C=O) groups is 3. The lowest BCUT2D eigenvalue weighted by atomic mass is 10.1. The molecule has 0 bridgehead atoms. The maximum absolute atomic E-state index is 12.2. The topological polar surface area (TPSA) is 134 Å². The number of non-ortho nitro benzene ring substituents is 1. The number of hydrogen-bond acceptors (Lipinski definition) is 8. The molecule has 0 aliphatic rings. The maximum Gasteiger partial charge on any atom is 0.338 e. The van der Waals surface area contributed by atoms with Crippen LogP contribution in [0.25, 0.3) is 0 Å². The minimum atomic E-state index is -1.01. The maximum atomic E-state index is 12.2. The van der Waals surface area contributed by atoms with Crippen LogP contribution >= 0.6 is 0 Å². The lowest BCUT2D eigenvalue weighted by Crippen LogP contribution is -2.21. The van der Waals surface area contributed by atoms with Gasteiger partial charge in [-0.25, -0.2) is 9.59 Å². The van der Waals surface area contributed by atoms with E-state index in [4.69, 9.17) is 9.47 Å². The van der Waals surface area contributed by atoms with Crippen molar-refractivity contribution in [3.05, 3.63) is 63.7 Å². The van der Waals surface area contributed by atoms with Gasteiger partial charge in [0.15, 0.2) is 6.61 Å². The van der Waals surface area contributed by atoms with E-state index >= 15 is 0 Å². The van der Waals surface area contributed by atoms with E-state index in [-0.39, 0.29) is 11.1 Å². The molecule has 0 atom stereocenters. The first kappa shape index (κ1) is 20.4.